The first-order valence-electron chi connectivity index (χ1n) is 10.3. The van der Waals surface area contributed by atoms with Crippen molar-refractivity contribution in [1.29, 1.82) is 0 Å². The molecule has 0 unspecified atom stereocenters. The van der Waals surface area contributed by atoms with Crippen LogP contribution in [0.15, 0.2) is 17.1 Å². The van der Waals surface area contributed by atoms with Gasteiger partial charge in [0.15, 0.2) is 0 Å². The van der Waals surface area contributed by atoms with Gasteiger partial charge in [-0.3, -0.25) is 4.79 Å². The van der Waals surface area contributed by atoms with Crippen molar-refractivity contribution in [3.05, 3.63) is 39.4 Å². The fraction of sp³-hybridized carbons (Fsp3) is 0.545. The zero-order chi connectivity index (χ0) is 22.0. The number of nitrogens with zero attached hydrogens (tertiary/aromatic N) is 2. The van der Waals surface area contributed by atoms with Crippen LogP contribution in [0.25, 0.3) is 10.9 Å². The van der Waals surface area contributed by atoms with E-state index in [2.05, 4.69) is 4.74 Å². The number of carboxylic acids is 1. The topological polar surface area (TPSA) is 92.0 Å². The molecule has 30 heavy (non-hydrogen) atoms. The summed E-state index contributed by atoms with van der Waals surface area (Å²) in [5, 5.41) is 18.8. The summed E-state index contributed by atoms with van der Waals surface area (Å²) in [6.07, 6.45) is 4.03. The molecule has 7 nitrogen and oxygen atoms in total. The van der Waals surface area contributed by atoms with Crippen LogP contribution in [-0.4, -0.2) is 54.2 Å². The summed E-state index contributed by atoms with van der Waals surface area (Å²) in [6, 6.07) is 1.33. The molecule has 2 N–H and O–H groups in total. The minimum atomic E-state index is -1.29. The number of anilines is 1. The minimum absolute atomic E-state index is 0.0690. The highest BCUT2D eigenvalue weighted by atomic mass is 19.1. The maximum atomic E-state index is 14.9. The van der Waals surface area contributed by atoms with Crippen molar-refractivity contribution in [2.24, 2.45) is 5.92 Å². The van der Waals surface area contributed by atoms with E-state index in [9.17, 15) is 24.2 Å². The maximum Gasteiger partial charge on any atom is 0.341 e. The molecule has 1 aromatic carbocycles. The number of ether oxygens (including phenoxy) is 1. The summed E-state index contributed by atoms with van der Waals surface area (Å²) in [7, 11) is 1.68. The molecule has 2 fully saturated rings. The number of benzene rings is 1. The molecule has 2 aliphatic rings. The number of pyridine rings is 1. The molecule has 1 atom stereocenters. The van der Waals surface area contributed by atoms with Crippen LogP contribution in [0.3, 0.4) is 0 Å². The molecule has 164 valence electrons. The number of hydrogen-bond donors (Lipinski definition) is 2. The van der Waals surface area contributed by atoms with E-state index in [1.165, 1.54) is 12.3 Å². The molecule has 1 aromatic heterocycles. The Bertz CT molecular complexity index is 997. The van der Waals surface area contributed by atoms with Gasteiger partial charge in [-0.2, -0.15) is 0 Å². The number of aromatic carboxylic acids is 1. The summed E-state index contributed by atoms with van der Waals surface area (Å²) >= 11 is 0. The van der Waals surface area contributed by atoms with E-state index in [4.69, 9.17) is 0 Å². The second kappa shape index (κ2) is 9.14. The summed E-state index contributed by atoms with van der Waals surface area (Å²) in [6.45, 7) is 5.85. The molecule has 1 saturated heterocycles. The Kier molecular flexibility index (Phi) is 6.77. The van der Waals surface area contributed by atoms with E-state index in [-0.39, 0.29) is 29.5 Å². The quantitative estimate of drug-likeness (QED) is 0.773. The third kappa shape index (κ3) is 4.20. The van der Waals surface area contributed by atoms with Crippen LogP contribution in [0.2, 0.25) is 0 Å². The number of halogens is 1. The van der Waals surface area contributed by atoms with Crippen molar-refractivity contribution < 1.29 is 24.1 Å². The second-order valence-electron chi connectivity index (χ2n) is 7.90. The van der Waals surface area contributed by atoms with E-state index < -0.39 is 17.2 Å². The smallest absolute Gasteiger partial charge is 0.341 e. The average molecular weight is 420 g/mol. The lowest BCUT2D eigenvalue weighted by atomic mass is 10.0. The number of rotatable bonds is 5. The molecule has 4 rings (SSSR count). The lowest BCUT2D eigenvalue weighted by Gasteiger charge is -2.24. The summed E-state index contributed by atoms with van der Waals surface area (Å²) in [5.74, 6) is -1.70. The molecule has 0 spiro atoms. The van der Waals surface area contributed by atoms with Gasteiger partial charge in [-0.15, -0.1) is 0 Å². The van der Waals surface area contributed by atoms with Crippen LogP contribution in [0.5, 0.6) is 0 Å². The van der Waals surface area contributed by atoms with Crippen LogP contribution in [0.4, 0.5) is 10.1 Å². The highest BCUT2D eigenvalue weighted by Gasteiger charge is 2.31. The largest absolute Gasteiger partial charge is 0.477 e. The van der Waals surface area contributed by atoms with Crippen molar-refractivity contribution >= 4 is 22.6 Å². The van der Waals surface area contributed by atoms with E-state index in [0.717, 1.165) is 25.9 Å². The number of methoxy groups -OCH3 is 1. The van der Waals surface area contributed by atoms with Gasteiger partial charge in [0.05, 0.1) is 11.2 Å². The first-order valence-corrected chi connectivity index (χ1v) is 10.3. The fourth-order valence-corrected chi connectivity index (χ4v) is 4.04. The van der Waals surface area contributed by atoms with Crippen LogP contribution in [0, 0.1) is 18.7 Å². The molecule has 8 heteroatoms. The number of aromatic nitrogens is 1. The number of fused-ring (bicyclic) bond motifs is 1. The Morgan fingerprint density at radius 1 is 1.33 bits per heavy atom. The molecule has 1 aliphatic carbocycles. The molecule has 2 aromatic rings. The van der Waals surface area contributed by atoms with Gasteiger partial charge < -0.3 is 24.4 Å². The van der Waals surface area contributed by atoms with Gasteiger partial charge in [-0.1, -0.05) is 0 Å². The van der Waals surface area contributed by atoms with Gasteiger partial charge in [0.1, 0.15) is 11.4 Å². The highest BCUT2D eigenvalue weighted by molar-refractivity contribution is 5.95. The highest BCUT2D eigenvalue weighted by Crippen LogP contribution is 2.40. The molecule has 1 aliphatic heterocycles. The number of aliphatic hydroxyl groups is 1. The van der Waals surface area contributed by atoms with Crippen molar-refractivity contribution in [1.82, 2.24) is 4.57 Å². The molecule has 0 bridgehead atoms. The molecular weight excluding hydrogens is 391 g/mol. The Balaban J connectivity index is 0.000000589. The second-order valence-corrected chi connectivity index (χ2v) is 7.90. The van der Waals surface area contributed by atoms with Crippen LogP contribution < -0.4 is 10.3 Å². The van der Waals surface area contributed by atoms with Gasteiger partial charge in [0.2, 0.25) is 5.43 Å². The average Bonchev–Trinajstić information content (AvgIpc) is 3.46. The monoisotopic (exact) mass is 420 g/mol. The summed E-state index contributed by atoms with van der Waals surface area (Å²) < 4.78 is 21.3. The van der Waals surface area contributed by atoms with Crippen LogP contribution in [0.1, 0.15) is 48.1 Å². The van der Waals surface area contributed by atoms with Crippen molar-refractivity contribution in [3.8, 4) is 0 Å². The summed E-state index contributed by atoms with van der Waals surface area (Å²) in [5.41, 5.74) is 0.751. The number of hydrogen-bond acceptors (Lipinski definition) is 5. The minimum Gasteiger partial charge on any atom is -0.477 e. The summed E-state index contributed by atoms with van der Waals surface area (Å²) in [4.78, 5) is 25.9. The number of aryl methyl sites for hydroxylation is 1. The molecule has 2 heterocycles. The van der Waals surface area contributed by atoms with Crippen molar-refractivity contribution in [2.45, 2.75) is 39.2 Å². The molecular formula is C22H29FN2O5. The zero-order valence-corrected chi connectivity index (χ0v) is 17.7. The predicted molar refractivity (Wildman–Crippen MR) is 113 cm³/mol. The lowest BCUT2D eigenvalue weighted by molar-refractivity contribution is 0.0695. The predicted octanol–water partition coefficient (Wildman–Crippen LogP) is 2.95. The Morgan fingerprint density at radius 3 is 2.50 bits per heavy atom. The first-order chi connectivity index (χ1) is 14.3. The fourth-order valence-electron chi connectivity index (χ4n) is 4.04. The standard InChI is InChI=1S/C19H21FN2O4.C3H8O/c1-10-16-13(6-15(20)17(10)21-5-4-11(7-21)9-23)18(24)14(19(25)26)8-22(16)12-2-3-12;1-3-4-2/h6,8,11-12,23H,2-5,7,9H2,1H3,(H,25,26);3H2,1-2H3/t11-;/m1./s1. The number of carboxylic acid groups (broad SMARTS) is 1. The van der Waals surface area contributed by atoms with Gasteiger partial charge in [0.25, 0.3) is 0 Å². The van der Waals surface area contributed by atoms with Crippen molar-refractivity contribution in [3.63, 3.8) is 0 Å². The van der Waals surface area contributed by atoms with Crippen LogP contribution in [-0.2, 0) is 4.74 Å². The zero-order valence-electron chi connectivity index (χ0n) is 17.7. The number of aliphatic hydroxyl groups excluding tert-OH is 1. The van der Waals surface area contributed by atoms with Gasteiger partial charge in [-0.05, 0) is 44.7 Å². The number of carbonyl (C=O) groups is 1. The maximum absolute atomic E-state index is 14.9. The Hall–Kier alpha value is -2.45. The van der Waals surface area contributed by atoms with Gasteiger partial charge in [0, 0.05) is 57.0 Å². The van der Waals surface area contributed by atoms with Crippen molar-refractivity contribution in [2.75, 3.05) is 38.3 Å². The lowest BCUT2D eigenvalue weighted by Crippen LogP contribution is -2.25. The van der Waals surface area contributed by atoms with E-state index in [0.29, 0.717) is 29.9 Å². The van der Waals surface area contributed by atoms with Gasteiger partial charge >= 0.3 is 5.97 Å². The van der Waals surface area contributed by atoms with E-state index in [1.54, 1.807) is 14.0 Å². The normalized spacial score (nSPS) is 18.4. The van der Waals surface area contributed by atoms with E-state index >= 15 is 0 Å². The third-order valence-electron chi connectivity index (χ3n) is 5.80. The van der Waals surface area contributed by atoms with Crippen LogP contribution >= 0.6 is 0 Å². The third-order valence-corrected chi connectivity index (χ3v) is 5.80. The first kappa shape index (κ1) is 22.2. The molecule has 1 saturated carbocycles. The Morgan fingerprint density at radius 2 is 2.00 bits per heavy atom. The van der Waals surface area contributed by atoms with Gasteiger partial charge in [-0.25, -0.2) is 9.18 Å². The molecule has 0 amide bonds. The Labute approximate surface area is 174 Å². The molecule has 0 radical (unpaired) electrons. The van der Waals surface area contributed by atoms with E-state index in [1.807, 2.05) is 16.4 Å². The SMILES string of the molecule is CCOC.Cc1c(N2CC[C@@H](CO)C2)c(F)cc2c(=O)c(C(=O)O)cn(C3CC3)c12.